The lowest BCUT2D eigenvalue weighted by atomic mass is 10.2. The van der Waals surface area contributed by atoms with Crippen LogP contribution in [0.25, 0.3) is 0 Å². The van der Waals surface area contributed by atoms with Crippen molar-refractivity contribution in [2.75, 3.05) is 25.0 Å². The molecule has 1 fully saturated rings. The Morgan fingerprint density at radius 1 is 1.71 bits per heavy atom. The van der Waals surface area contributed by atoms with E-state index in [1.54, 1.807) is 0 Å². The van der Waals surface area contributed by atoms with E-state index < -0.39 is 4.92 Å². The van der Waals surface area contributed by atoms with E-state index in [1.165, 1.54) is 12.3 Å². The van der Waals surface area contributed by atoms with Gasteiger partial charge in [0.05, 0.1) is 9.95 Å². The lowest BCUT2D eigenvalue weighted by molar-refractivity contribution is -0.384. The molecule has 6 nitrogen and oxygen atoms in total. The molecule has 1 aromatic rings. The van der Waals surface area contributed by atoms with E-state index in [1.807, 2.05) is 11.9 Å². The zero-order valence-corrected chi connectivity index (χ0v) is 10.1. The molecule has 2 rings (SSSR count). The van der Waals surface area contributed by atoms with Gasteiger partial charge in [0.15, 0.2) is 0 Å². The summed E-state index contributed by atoms with van der Waals surface area (Å²) >= 11 is 5.73. The Morgan fingerprint density at radius 2 is 2.47 bits per heavy atom. The second kappa shape index (κ2) is 4.85. The van der Waals surface area contributed by atoms with Gasteiger partial charge in [-0.15, -0.1) is 0 Å². The molecule has 0 radical (unpaired) electrons. The van der Waals surface area contributed by atoms with Gasteiger partial charge in [-0.3, -0.25) is 10.1 Å². The molecule has 1 aliphatic rings. The number of halogens is 1. The fourth-order valence-electron chi connectivity index (χ4n) is 1.97. The molecule has 1 N–H and O–H groups in total. The Hall–Kier alpha value is -1.40. The maximum Gasteiger partial charge on any atom is 0.313 e. The monoisotopic (exact) mass is 256 g/mol. The first-order valence-corrected chi connectivity index (χ1v) is 5.71. The highest BCUT2D eigenvalue weighted by molar-refractivity contribution is 6.30. The molecule has 0 bridgehead atoms. The molecule has 92 valence electrons. The van der Waals surface area contributed by atoms with Crippen LogP contribution in [0.2, 0.25) is 5.02 Å². The lowest BCUT2D eigenvalue weighted by Gasteiger charge is -2.24. The van der Waals surface area contributed by atoms with Gasteiger partial charge >= 0.3 is 5.69 Å². The highest BCUT2D eigenvalue weighted by atomic mass is 35.5. The van der Waals surface area contributed by atoms with E-state index in [9.17, 15) is 10.1 Å². The maximum absolute atomic E-state index is 11.0. The minimum Gasteiger partial charge on any atom is -0.350 e. The van der Waals surface area contributed by atoms with Crippen LogP contribution in [0.4, 0.5) is 11.5 Å². The van der Waals surface area contributed by atoms with Crippen LogP contribution in [0.5, 0.6) is 0 Å². The number of likely N-dealkylation sites (N-methyl/N-ethyl adjacent to an activating group) is 1. The van der Waals surface area contributed by atoms with Gasteiger partial charge in [0.1, 0.15) is 0 Å². The van der Waals surface area contributed by atoms with E-state index in [0.29, 0.717) is 5.82 Å². The first-order chi connectivity index (χ1) is 8.09. The van der Waals surface area contributed by atoms with Gasteiger partial charge in [-0.25, -0.2) is 4.98 Å². The molecule has 1 saturated heterocycles. The van der Waals surface area contributed by atoms with Crippen LogP contribution in [0, 0.1) is 10.1 Å². The minimum absolute atomic E-state index is 0.0492. The number of nitrogens with zero attached hydrogens (tertiary/aromatic N) is 3. The Morgan fingerprint density at radius 3 is 3.06 bits per heavy atom. The molecule has 0 aliphatic carbocycles. The quantitative estimate of drug-likeness (QED) is 0.655. The molecule has 1 aliphatic heterocycles. The van der Waals surface area contributed by atoms with Crippen molar-refractivity contribution in [1.29, 1.82) is 0 Å². The topological polar surface area (TPSA) is 71.3 Å². The van der Waals surface area contributed by atoms with E-state index >= 15 is 0 Å². The van der Waals surface area contributed by atoms with Crippen molar-refractivity contribution < 1.29 is 4.92 Å². The third kappa shape index (κ3) is 2.48. The average Bonchev–Trinajstić information content (AvgIpc) is 2.81. The van der Waals surface area contributed by atoms with Crippen molar-refractivity contribution in [2.24, 2.45) is 0 Å². The number of rotatable bonds is 3. The molecule has 0 saturated carbocycles. The third-order valence-electron chi connectivity index (χ3n) is 2.93. The lowest BCUT2D eigenvalue weighted by Crippen LogP contribution is -2.34. The molecule has 0 amide bonds. The number of hydrogen-bond acceptors (Lipinski definition) is 5. The Labute approximate surface area is 104 Å². The van der Waals surface area contributed by atoms with E-state index in [-0.39, 0.29) is 16.8 Å². The van der Waals surface area contributed by atoms with Gasteiger partial charge in [0.2, 0.25) is 5.82 Å². The van der Waals surface area contributed by atoms with E-state index in [4.69, 9.17) is 11.6 Å². The fraction of sp³-hybridized carbons (Fsp3) is 0.500. The summed E-state index contributed by atoms with van der Waals surface area (Å²) in [7, 11) is 1.82. The zero-order valence-electron chi connectivity index (χ0n) is 9.39. The summed E-state index contributed by atoms with van der Waals surface area (Å²) in [6.07, 6.45) is 2.39. The van der Waals surface area contributed by atoms with Crippen LogP contribution in [0.1, 0.15) is 6.42 Å². The maximum atomic E-state index is 11.0. The largest absolute Gasteiger partial charge is 0.350 e. The zero-order chi connectivity index (χ0) is 12.4. The summed E-state index contributed by atoms with van der Waals surface area (Å²) in [6, 6.07) is 1.57. The Kier molecular flexibility index (Phi) is 3.44. The van der Waals surface area contributed by atoms with Crippen LogP contribution in [0.3, 0.4) is 0 Å². The van der Waals surface area contributed by atoms with Gasteiger partial charge in [0, 0.05) is 31.9 Å². The van der Waals surface area contributed by atoms with Crippen molar-refractivity contribution in [3.63, 3.8) is 0 Å². The number of hydrogen-bond donors (Lipinski definition) is 1. The molecule has 0 spiro atoms. The highest BCUT2D eigenvalue weighted by Crippen LogP contribution is 2.29. The number of nitrogens with one attached hydrogen (secondary N) is 1. The molecular weight excluding hydrogens is 244 g/mol. The summed E-state index contributed by atoms with van der Waals surface area (Å²) in [5, 5.41) is 14.5. The second-order valence-corrected chi connectivity index (χ2v) is 4.45. The first-order valence-electron chi connectivity index (χ1n) is 5.33. The molecule has 17 heavy (non-hydrogen) atoms. The highest BCUT2D eigenvalue weighted by Gasteiger charge is 2.26. The van der Waals surface area contributed by atoms with Crippen LogP contribution < -0.4 is 10.2 Å². The number of aromatic nitrogens is 1. The normalized spacial score (nSPS) is 19.3. The molecule has 2 heterocycles. The number of anilines is 1. The van der Waals surface area contributed by atoms with Gasteiger partial charge in [0.25, 0.3) is 0 Å². The van der Waals surface area contributed by atoms with Gasteiger partial charge in [-0.2, -0.15) is 0 Å². The summed E-state index contributed by atoms with van der Waals surface area (Å²) in [6.45, 7) is 1.74. The summed E-state index contributed by atoms with van der Waals surface area (Å²) in [5.41, 5.74) is -0.0492. The SMILES string of the molecule is CN(c1ncc(Cl)cc1[N+](=O)[O-])C1CCNC1. The fourth-order valence-corrected chi connectivity index (χ4v) is 2.12. The van der Waals surface area contributed by atoms with Crippen molar-refractivity contribution >= 4 is 23.1 Å². The van der Waals surface area contributed by atoms with Crippen molar-refractivity contribution in [2.45, 2.75) is 12.5 Å². The van der Waals surface area contributed by atoms with Crippen LogP contribution in [0.15, 0.2) is 12.3 Å². The molecular formula is C10H13ClN4O2. The van der Waals surface area contributed by atoms with E-state index in [0.717, 1.165) is 19.5 Å². The van der Waals surface area contributed by atoms with E-state index in [2.05, 4.69) is 10.3 Å². The predicted octanol–water partition coefficient (Wildman–Crippen LogP) is 1.44. The standard InChI is InChI=1S/C10H13ClN4O2/c1-14(8-2-3-12-6-8)10-9(15(16)17)4-7(11)5-13-10/h4-5,8,12H,2-3,6H2,1H3. The van der Waals surface area contributed by atoms with Crippen LogP contribution in [-0.2, 0) is 0 Å². The van der Waals surface area contributed by atoms with Crippen molar-refractivity contribution in [1.82, 2.24) is 10.3 Å². The molecule has 1 aromatic heterocycles. The smallest absolute Gasteiger partial charge is 0.313 e. The second-order valence-electron chi connectivity index (χ2n) is 4.01. The summed E-state index contributed by atoms with van der Waals surface area (Å²) < 4.78 is 0. The number of pyridine rings is 1. The summed E-state index contributed by atoms with van der Waals surface area (Å²) in [5.74, 6) is 0.369. The van der Waals surface area contributed by atoms with Gasteiger partial charge < -0.3 is 10.2 Å². The molecule has 1 unspecified atom stereocenters. The van der Waals surface area contributed by atoms with Crippen LogP contribution in [-0.4, -0.2) is 36.1 Å². The van der Waals surface area contributed by atoms with Gasteiger partial charge in [-0.1, -0.05) is 11.6 Å². The predicted molar refractivity (Wildman–Crippen MR) is 65.6 cm³/mol. The first kappa shape index (κ1) is 12.1. The third-order valence-corrected chi connectivity index (χ3v) is 3.13. The van der Waals surface area contributed by atoms with Crippen LogP contribution >= 0.6 is 11.6 Å². The Bertz CT molecular complexity index is 434. The van der Waals surface area contributed by atoms with Crippen molar-refractivity contribution in [3.05, 3.63) is 27.4 Å². The molecule has 7 heteroatoms. The molecule has 1 atom stereocenters. The number of nitro groups is 1. The average molecular weight is 257 g/mol. The van der Waals surface area contributed by atoms with Gasteiger partial charge in [-0.05, 0) is 13.0 Å². The van der Waals surface area contributed by atoms with Crippen molar-refractivity contribution in [3.8, 4) is 0 Å². The summed E-state index contributed by atoms with van der Waals surface area (Å²) in [4.78, 5) is 16.4. The minimum atomic E-state index is -0.451. The molecule has 0 aromatic carbocycles. The Balaban J connectivity index is 2.33.